The van der Waals surface area contributed by atoms with Crippen molar-refractivity contribution in [3.05, 3.63) is 35.4 Å². The lowest BCUT2D eigenvalue weighted by atomic mass is 9.49. The molecular formula is C24H34N2O2. The maximum atomic E-state index is 13.4. The molecule has 5 rings (SSSR count). The molecule has 1 atom stereocenters. The van der Waals surface area contributed by atoms with Crippen LogP contribution in [-0.4, -0.2) is 17.9 Å². The van der Waals surface area contributed by atoms with E-state index in [9.17, 15) is 9.59 Å². The number of carbonyl (C=O) groups excluding carboxylic acids is 2. The van der Waals surface area contributed by atoms with Crippen LogP contribution in [0, 0.1) is 36.0 Å². The number of nitrogens with one attached hydrogen (secondary N) is 2. The van der Waals surface area contributed by atoms with E-state index < -0.39 is 6.04 Å². The van der Waals surface area contributed by atoms with Crippen molar-refractivity contribution in [1.29, 1.82) is 0 Å². The Morgan fingerprint density at radius 1 is 1.04 bits per heavy atom. The Hall–Kier alpha value is -1.84. The molecule has 1 aromatic rings. The zero-order valence-electron chi connectivity index (χ0n) is 17.5. The largest absolute Gasteiger partial charge is 0.350 e. The van der Waals surface area contributed by atoms with Gasteiger partial charge >= 0.3 is 0 Å². The van der Waals surface area contributed by atoms with E-state index in [-0.39, 0.29) is 23.1 Å². The lowest BCUT2D eigenvalue weighted by Gasteiger charge is -2.55. The van der Waals surface area contributed by atoms with Crippen molar-refractivity contribution in [3.8, 4) is 0 Å². The number of benzene rings is 1. The molecule has 0 unspecified atom stereocenters. The normalized spacial score (nSPS) is 31.6. The molecule has 28 heavy (non-hydrogen) atoms. The third-order valence-corrected chi connectivity index (χ3v) is 7.47. The number of carbonyl (C=O) groups is 2. The van der Waals surface area contributed by atoms with Gasteiger partial charge in [-0.1, -0.05) is 38.1 Å². The summed E-state index contributed by atoms with van der Waals surface area (Å²) in [5.41, 5.74) is 2.07. The number of rotatable bonds is 6. The van der Waals surface area contributed by atoms with E-state index in [2.05, 4.69) is 23.6 Å². The molecular weight excluding hydrogens is 348 g/mol. The van der Waals surface area contributed by atoms with Crippen molar-refractivity contribution in [2.75, 3.05) is 0 Å². The van der Waals surface area contributed by atoms with E-state index in [1.807, 2.05) is 32.0 Å². The molecule has 0 aliphatic heterocycles. The first-order valence-corrected chi connectivity index (χ1v) is 11.0. The fraction of sp³-hybridized carbons (Fsp3) is 0.667. The highest BCUT2D eigenvalue weighted by Gasteiger charge is 2.55. The summed E-state index contributed by atoms with van der Waals surface area (Å²) in [4.78, 5) is 26.3. The molecule has 0 saturated heterocycles. The van der Waals surface area contributed by atoms with E-state index in [1.54, 1.807) is 0 Å². The maximum Gasteiger partial charge on any atom is 0.243 e. The summed E-state index contributed by atoms with van der Waals surface area (Å²) in [7, 11) is 0. The molecule has 4 heteroatoms. The van der Waals surface area contributed by atoms with E-state index in [1.165, 1.54) is 24.8 Å². The zero-order valence-corrected chi connectivity index (χ0v) is 17.5. The average Bonchev–Trinajstić information content (AvgIpc) is 2.63. The molecule has 4 aliphatic rings. The topological polar surface area (TPSA) is 58.2 Å². The van der Waals surface area contributed by atoms with E-state index >= 15 is 0 Å². The van der Waals surface area contributed by atoms with Gasteiger partial charge in [-0.3, -0.25) is 9.59 Å². The first-order chi connectivity index (χ1) is 13.4. The van der Waals surface area contributed by atoms with Crippen LogP contribution in [0.5, 0.6) is 0 Å². The van der Waals surface area contributed by atoms with Gasteiger partial charge in [-0.15, -0.1) is 0 Å². The van der Waals surface area contributed by atoms with E-state index in [0.29, 0.717) is 6.54 Å². The zero-order chi connectivity index (χ0) is 19.9. The SMILES string of the molecule is Cc1ccccc1CNC(=O)[C@@H](NC(=O)C12CC3CC(CC(C3)C1)C2)C(C)C. The number of hydrogen-bond donors (Lipinski definition) is 2. The molecule has 4 nitrogen and oxygen atoms in total. The minimum atomic E-state index is -0.468. The quantitative estimate of drug-likeness (QED) is 0.782. The standard InChI is InChI=1S/C24H34N2O2/c1-15(2)21(22(27)25-14-20-7-5-4-6-16(20)3)26-23(28)24-11-17-8-18(12-24)10-19(9-17)13-24/h4-7,15,17-19,21H,8-14H2,1-3H3,(H,25,27)(H,26,28)/t17?,18?,19?,21-,24?/m0/s1. The van der Waals surface area contributed by atoms with Crippen LogP contribution in [0.1, 0.15) is 63.5 Å². The minimum absolute atomic E-state index is 0.0646. The van der Waals surface area contributed by atoms with Gasteiger partial charge in [-0.05, 0) is 80.2 Å². The molecule has 4 aliphatic carbocycles. The van der Waals surface area contributed by atoms with E-state index in [0.717, 1.165) is 42.6 Å². The van der Waals surface area contributed by atoms with E-state index in [4.69, 9.17) is 0 Å². The molecule has 4 saturated carbocycles. The summed E-state index contributed by atoms with van der Waals surface area (Å²) in [6, 6.07) is 7.61. The summed E-state index contributed by atoms with van der Waals surface area (Å²) in [5.74, 6) is 2.31. The van der Waals surface area contributed by atoms with Crippen molar-refractivity contribution in [3.63, 3.8) is 0 Å². The molecule has 1 aromatic carbocycles. The van der Waals surface area contributed by atoms with Crippen LogP contribution in [0.15, 0.2) is 24.3 Å². The molecule has 0 radical (unpaired) electrons. The Bertz CT molecular complexity index is 719. The minimum Gasteiger partial charge on any atom is -0.350 e. The second-order valence-electron chi connectivity index (χ2n) is 10.0. The van der Waals surface area contributed by atoms with Crippen LogP contribution < -0.4 is 10.6 Å². The van der Waals surface area contributed by atoms with Gasteiger partial charge in [-0.2, -0.15) is 0 Å². The Labute approximate surface area is 168 Å². The van der Waals surface area contributed by atoms with Crippen LogP contribution in [0.2, 0.25) is 0 Å². The van der Waals surface area contributed by atoms with Crippen LogP contribution in [0.25, 0.3) is 0 Å². The van der Waals surface area contributed by atoms with Gasteiger partial charge in [0.15, 0.2) is 0 Å². The van der Waals surface area contributed by atoms with Crippen molar-refractivity contribution in [1.82, 2.24) is 10.6 Å². The van der Waals surface area contributed by atoms with Crippen LogP contribution >= 0.6 is 0 Å². The van der Waals surface area contributed by atoms with Crippen molar-refractivity contribution >= 4 is 11.8 Å². The highest BCUT2D eigenvalue weighted by Crippen LogP contribution is 2.60. The fourth-order valence-corrected chi connectivity index (χ4v) is 6.32. The van der Waals surface area contributed by atoms with Gasteiger partial charge in [0.25, 0.3) is 0 Å². The van der Waals surface area contributed by atoms with Crippen LogP contribution in [-0.2, 0) is 16.1 Å². The third-order valence-electron chi connectivity index (χ3n) is 7.47. The first-order valence-electron chi connectivity index (χ1n) is 11.0. The molecule has 0 heterocycles. The smallest absolute Gasteiger partial charge is 0.243 e. The summed E-state index contributed by atoms with van der Waals surface area (Å²) in [5, 5.41) is 6.22. The van der Waals surface area contributed by atoms with Crippen molar-refractivity contribution in [2.45, 2.75) is 71.9 Å². The van der Waals surface area contributed by atoms with Gasteiger partial charge in [0.2, 0.25) is 11.8 Å². The molecule has 152 valence electrons. The lowest BCUT2D eigenvalue weighted by molar-refractivity contribution is -0.149. The highest BCUT2D eigenvalue weighted by atomic mass is 16.2. The predicted molar refractivity (Wildman–Crippen MR) is 110 cm³/mol. The lowest BCUT2D eigenvalue weighted by Crippen LogP contribution is -2.58. The molecule has 4 bridgehead atoms. The third kappa shape index (κ3) is 3.70. The number of hydrogen-bond acceptors (Lipinski definition) is 2. The van der Waals surface area contributed by atoms with Gasteiger partial charge in [0, 0.05) is 12.0 Å². The van der Waals surface area contributed by atoms with Crippen molar-refractivity contribution < 1.29 is 9.59 Å². The van der Waals surface area contributed by atoms with Gasteiger partial charge in [0.05, 0.1) is 0 Å². The van der Waals surface area contributed by atoms with Gasteiger partial charge < -0.3 is 10.6 Å². The Morgan fingerprint density at radius 3 is 2.14 bits per heavy atom. The summed E-state index contributed by atoms with van der Waals surface area (Å²) in [6.07, 6.45) is 7.03. The van der Waals surface area contributed by atoms with Crippen LogP contribution in [0.3, 0.4) is 0 Å². The Balaban J connectivity index is 1.41. The highest BCUT2D eigenvalue weighted by molar-refractivity contribution is 5.90. The second kappa shape index (κ2) is 7.53. The van der Waals surface area contributed by atoms with Gasteiger partial charge in [-0.25, -0.2) is 0 Å². The monoisotopic (exact) mass is 382 g/mol. The van der Waals surface area contributed by atoms with Crippen molar-refractivity contribution in [2.24, 2.45) is 29.1 Å². The summed E-state index contributed by atoms with van der Waals surface area (Å²) < 4.78 is 0. The summed E-state index contributed by atoms with van der Waals surface area (Å²) in [6.45, 7) is 6.58. The fourth-order valence-electron chi connectivity index (χ4n) is 6.32. The molecule has 0 aromatic heterocycles. The molecule has 2 amide bonds. The Morgan fingerprint density at radius 2 is 1.61 bits per heavy atom. The number of aryl methyl sites for hydroxylation is 1. The molecule has 2 N–H and O–H groups in total. The second-order valence-corrected chi connectivity index (χ2v) is 10.0. The Kier molecular flexibility index (Phi) is 5.24. The molecule has 4 fully saturated rings. The molecule has 0 spiro atoms. The first kappa shape index (κ1) is 19.5. The average molecular weight is 383 g/mol. The van der Waals surface area contributed by atoms with Crippen LogP contribution in [0.4, 0.5) is 0 Å². The summed E-state index contributed by atoms with van der Waals surface area (Å²) >= 11 is 0. The predicted octanol–water partition coefficient (Wildman–Crippen LogP) is 3.97. The van der Waals surface area contributed by atoms with Gasteiger partial charge in [0.1, 0.15) is 6.04 Å². The maximum absolute atomic E-state index is 13.4. The number of amides is 2.